The van der Waals surface area contributed by atoms with E-state index in [0.717, 1.165) is 38.0 Å². The number of amides is 1. The maximum absolute atomic E-state index is 11.7. The maximum atomic E-state index is 11.7. The molecule has 1 amide bonds. The summed E-state index contributed by atoms with van der Waals surface area (Å²) in [5, 5.41) is 11.4. The lowest BCUT2D eigenvalue weighted by molar-refractivity contribution is -0.126. The van der Waals surface area contributed by atoms with Gasteiger partial charge in [0.25, 0.3) is 0 Å². The normalized spacial score (nSPS) is 18.7. The van der Waals surface area contributed by atoms with Crippen molar-refractivity contribution in [1.82, 2.24) is 10.2 Å². The molecule has 1 aromatic rings. The molecular formula is C17H22N2O2. The van der Waals surface area contributed by atoms with E-state index in [0.29, 0.717) is 0 Å². The number of carbonyl (C=O) groups is 1. The highest BCUT2D eigenvalue weighted by Gasteiger charge is 2.24. The van der Waals surface area contributed by atoms with Crippen molar-refractivity contribution < 1.29 is 9.90 Å². The number of rotatable bonds is 3. The van der Waals surface area contributed by atoms with Crippen molar-refractivity contribution in [2.45, 2.75) is 19.4 Å². The van der Waals surface area contributed by atoms with Crippen LogP contribution in [-0.4, -0.2) is 42.7 Å². The molecule has 2 N–H and O–H groups in total. The second kappa shape index (κ2) is 7.82. The van der Waals surface area contributed by atoms with Gasteiger partial charge in [-0.2, -0.15) is 0 Å². The minimum absolute atomic E-state index is 0.110. The quantitative estimate of drug-likeness (QED) is 0.815. The predicted octanol–water partition coefficient (Wildman–Crippen LogP) is 0.988. The smallest absolute Gasteiger partial charge is 0.224 e. The van der Waals surface area contributed by atoms with Crippen LogP contribution in [0.3, 0.4) is 0 Å². The number of hydrogen-bond acceptors (Lipinski definition) is 3. The molecule has 1 saturated heterocycles. The first-order valence-electron chi connectivity index (χ1n) is 7.35. The molecule has 4 nitrogen and oxygen atoms in total. The van der Waals surface area contributed by atoms with E-state index in [4.69, 9.17) is 5.11 Å². The molecule has 112 valence electrons. The van der Waals surface area contributed by atoms with Gasteiger partial charge in [-0.1, -0.05) is 24.0 Å². The molecular weight excluding hydrogens is 264 g/mol. The molecule has 1 unspecified atom stereocenters. The maximum Gasteiger partial charge on any atom is 0.224 e. The van der Waals surface area contributed by atoms with E-state index < -0.39 is 0 Å². The van der Waals surface area contributed by atoms with Crippen molar-refractivity contribution in [3.05, 3.63) is 35.4 Å². The van der Waals surface area contributed by atoms with Crippen LogP contribution in [0.5, 0.6) is 0 Å². The lowest BCUT2D eigenvalue weighted by Gasteiger charge is -2.31. The summed E-state index contributed by atoms with van der Waals surface area (Å²) in [6.07, 6.45) is 2.05. The van der Waals surface area contributed by atoms with Crippen LogP contribution in [-0.2, 0) is 11.3 Å². The minimum atomic E-state index is -0.115. The number of nitrogens with one attached hydrogen (secondary N) is 1. The molecule has 0 radical (unpaired) electrons. The Kier molecular flexibility index (Phi) is 5.79. The fourth-order valence-electron chi connectivity index (χ4n) is 2.71. The zero-order valence-electron chi connectivity index (χ0n) is 12.4. The van der Waals surface area contributed by atoms with Gasteiger partial charge >= 0.3 is 0 Å². The highest BCUT2D eigenvalue weighted by Crippen LogP contribution is 2.18. The van der Waals surface area contributed by atoms with E-state index in [9.17, 15) is 4.79 Å². The van der Waals surface area contributed by atoms with Gasteiger partial charge in [-0.05, 0) is 37.1 Å². The van der Waals surface area contributed by atoms with Crippen LogP contribution < -0.4 is 5.32 Å². The summed E-state index contributed by atoms with van der Waals surface area (Å²) in [5.74, 6) is 5.79. The number of hydrogen-bond donors (Lipinski definition) is 2. The molecule has 0 spiro atoms. The van der Waals surface area contributed by atoms with Gasteiger partial charge in [0, 0.05) is 25.7 Å². The van der Waals surface area contributed by atoms with Gasteiger partial charge in [0.05, 0.1) is 5.92 Å². The molecule has 1 aliphatic heterocycles. The fraction of sp³-hybridized carbons (Fsp3) is 0.471. The zero-order valence-corrected chi connectivity index (χ0v) is 12.4. The van der Waals surface area contributed by atoms with Gasteiger partial charge in [0.2, 0.25) is 5.91 Å². The summed E-state index contributed by atoms with van der Waals surface area (Å²) in [5.41, 5.74) is 2.14. The summed E-state index contributed by atoms with van der Waals surface area (Å²) in [4.78, 5) is 14.1. The molecule has 0 aliphatic carbocycles. The standard InChI is InChI=1S/C17H22N2O2/c1-18-17(21)16-5-2-10-19(13-16)12-15-8-6-14(7-9-15)4-3-11-20/h6-9,16,20H,2,5,10-13H2,1H3,(H,18,21). The molecule has 0 saturated carbocycles. The number of aliphatic hydroxyl groups excluding tert-OH is 1. The van der Waals surface area contributed by atoms with E-state index in [1.807, 2.05) is 12.1 Å². The number of nitrogens with zero attached hydrogens (tertiary/aromatic N) is 1. The summed E-state index contributed by atoms with van der Waals surface area (Å²) in [7, 11) is 1.70. The highest BCUT2D eigenvalue weighted by atomic mass is 16.2. The third-order valence-electron chi connectivity index (χ3n) is 3.79. The monoisotopic (exact) mass is 286 g/mol. The van der Waals surface area contributed by atoms with Gasteiger partial charge in [-0.3, -0.25) is 9.69 Å². The second-order valence-electron chi connectivity index (χ2n) is 5.35. The third kappa shape index (κ3) is 4.59. The van der Waals surface area contributed by atoms with Crippen LogP contribution in [0.2, 0.25) is 0 Å². The predicted molar refractivity (Wildman–Crippen MR) is 82.5 cm³/mol. The number of likely N-dealkylation sites (tertiary alicyclic amines) is 1. The van der Waals surface area contributed by atoms with Crippen molar-refractivity contribution in [3.8, 4) is 11.8 Å². The number of carbonyl (C=O) groups excluding carboxylic acids is 1. The first kappa shape index (κ1) is 15.6. The average molecular weight is 286 g/mol. The van der Waals surface area contributed by atoms with Crippen LogP contribution in [0.25, 0.3) is 0 Å². The minimum Gasteiger partial charge on any atom is -0.384 e. The molecule has 0 bridgehead atoms. The third-order valence-corrected chi connectivity index (χ3v) is 3.79. The molecule has 21 heavy (non-hydrogen) atoms. The molecule has 1 aromatic carbocycles. The van der Waals surface area contributed by atoms with Crippen molar-refractivity contribution in [1.29, 1.82) is 0 Å². The Balaban J connectivity index is 1.93. The largest absolute Gasteiger partial charge is 0.384 e. The zero-order chi connectivity index (χ0) is 15.1. The Morgan fingerprint density at radius 2 is 2.19 bits per heavy atom. The molecule has 0 aromatic heterocycles. The molecule has 2 rings (SSSR count). The Morgan fingerprint density at radius 3 is 2.86 bits per heavy atom. The van der Waals surface area contributed by atoms with Gasteiger partial charge < -0.3 is 10.4 Å². The van der Waals surface area contributed by atoms with Gasteiger partial charge in [0.1, 0.15) is 6.61 Å². The van der Waals surface area contributed by atoms with Crippen LogP contribution >= 0.6 is 0 Å². The average Bonchev–Trinajstić information content (AvgIpc) is 2.53. The van der Waals surface area contributed by atoms with Crippen LogP contribution in [0.4, 0.5) is 0 Å². The fourth-order valence-corrected chi connectivity index (χ4v) is 2.71. The van der Waals surface area contributed by atoms with E-state index in [1.54, 1.807) is 7.05 Å². The Labute approximate surface area is 126 Å². The van der Waals surface area contributed by atoms with E-state index in [-0.39, 0.29) is 18.4 Å². The summed E-state index contributed by atoms with van der Waals surface area (Å²) in [6.45, 7) is 2.61. The Hall–Kier alpha value is -1.83. The van der Waals surface area contributed by atoms with E-state index in [2.05, 4.69) is 34.2 Å². The lowest BCUT2D eigenvalue weighted by Crippen LogP contribution is -2.41. The van der Waals surface area contributed by atoms with Crippen LogP contribution in [0, 0.1) is 17.8 Å². The Morgan fingerprint density at radius 1 is 1.43 bits per heavy atom. The van der Waals surface area contributed by atoms with E-state index >= 15 is 0 Å². The number of aliphatic hydroxyl groups is 1. The topological polar surface area (TPSA) is 52.6 Å². The first-order valence-corrected chi connectivity index (χ1v) is 7.35. The lowest BCUT2D eigenvalue weighted by atomic mass is 9.96. The van der Waals surface area contributed by atoms with Gasteiger partial charge in [-0.25, -0.2) is 0 Å². The molecule has 1 atom stereocenters. The summed E-state index contributed by atoms with van der Waals surface area (Å²) in [6, 6.07) is 8.06. The molecule has 1 aliphatic rings. The van der Waals surface area contributed by atoms with Crippen molar-refractivity contribution in [3.63, 3.8) is 0 Å². The number of benzene rings is 1. The molecule has 4 heteroatoms. The summed E-state index contributed by atoms with van der Waals surface area (Å²) >= 11 is 0. The van der Waals surface area contributed by atoms with Crippen molar-refractivity contribution in [2.75, 3.05) is 26.7 Å². The SMILES string of the molecule is CNC(=O)C1CCCN(Cc2ccc(C#CCO)cc2)C1. The van der Waals surface area contributed by atoms with Gasteiger partial charge in [0.15, 0.2) is 0 Å². The van der Waals surface area contributed by atoms with Crippen LogP contribution in [0.1, 0.15) is 24.0 Å². The van der Waals surface area contributed by atoms with Crippen molar-refractivity contribution in [2.24, 2.45) is 5.92 Å². The number of piperidine rings is 1. The molecule has 1 heterocycles. The Bertz CT molecular complexity index is 528. The second-order valence-corrected chi connectivity index (χ2v) is 5.35. The van der Waals surface area contributed by atoms with Crippen molar-refractivity contribution >= 4 is 5.91 Å². The van der Waals surface area contributed by atoms with Gasteiger partial charge in [-0.15, -0.1) is 0 Å². The van der Waals surface area contributed by atoms with Crippen LogP contribution in [0.15, 0.2) is 24.3 Å². The summed E-state index contributed by atoms with van der Waals surface area (Å²) < 4.78 is 0. The molecule has 1 fully saturated rings. The van der Waals surface area contributed by atoms with E-state index in [1.165, 1.54) is 5.56 Å². The first-order chi connectivity index (χ1) is 10.2. The highest BCUT2D eigenvalue weighted by molar-refractivity contribution is 5.78.